The van der Waals surface area contributed by atoms with Crippen molar-refractivity contribution >= 4 is 0 Å². The fraction of sp³-hybridized carbons (Fsp3) is 1.00. The number of hydrogen-bond acceptors (Lipinski definition) is 0. The van der Waals surface area contributed by atoms with Crippen LogP contribution in [0, 0.1) is 16.7 Å². The Balaban J connectivity index is 3.90. The number of unbranched alkanes of at least 4 members (excludes halogenated alkanes) is 3. The summed E-state index contributed by atoms with van der Waals surface area (Å²) in [4.78, 5) is 0. The lowest BCUT2D eigenvalue weighted by Gasteiger charge is -2.41. The van der Waals surface area contributed by atoms with Crippen LogP contribution >= 0.6 is 0 Å². The maximum absolute atomic E-state index is 2.43. The summed E-state index contributed by atoms with van der Waals surface area (Å²) in [6, 6.07) is 0. The highest BCUT2D eigenvalue weighted by molar-refractivity contribution is 4.83. The van der Waals surface area contributed by atoms with Crippen LogP contribution in [0.5, 0.6) is 0 Å². The van der Waals surface area contributed by atoms with Gasteiger partial charge in [0, 0.05) is 0 Å². The fourth-order valence-electron chi connectivity index (χ4n) is 2.20. The first-order valence-corrected chi connectivity index (χ1v) is 7.20. The van der Waals surface area contributed by atoms with Gasteiger partial charge in [-0.25, -0.2) is 0 Å². The van der Waals surface area contributed by atoms with E-state index in [-0.39, 0.29) is 0 Å². The van der Waals surface area contributed by atoms with Gasteiger partial charge in [-0.2, -0.15) is 0 Å². The average molecular weight is 226 g/mol. The van der Waals surface area contributed by atoms with Crippen LogP contribution in [0.15, 0.2) is 0 Å². The zero-order chi connectivity index (χ0) is 12.8. The second-order valence-corrected chi connectivity index (χ2v) is 7.29. The number of rotatable bonds is 7. The Labute approximate surface area is 104 Å². The zero-order valence-electron chi connectivity index (χ0n) is 12.8. The Morgan fingerprint density at radius 2 is 1.44 bits per heavy atom. The molecule has 1 atom stereocenters. The predicted octanol–water partition coefficient (Wildman–Crippen LogP) is 6.06. The van der Waals surface area contributed by atoms with Crippen LogP contribution in [-0.2, 0) is 0 Å². The summed E-state index contributed by atoms with van der Waals surface area (Å²) in [6.45, 7) is 16.7. The summed E-state index contributed by atoms with van der Waals surface area (Å²) in [5.41, 5.74) is 0.877. The summed E-state index contributed by atoms with van der Waals surface area (Å²) in [6.07, 6.45) is 8.39. The molecule has 0 heterocycles. The molecule has 0 nitrogen and oxygen atoms in total. The van der Waals surface area contributed by atoms with E-state index in [1.54, 1.807) is 0 Å². The molecule has 0 aromatic heterocycles. The topological polar surface area (TPSA) is 0 Å². The van der Waals surface area contributed by atoms with Gasteiger partial charge >= 0.3 is 0 Å². The van der Waals surface area contributed by atoms with E-state index in [1.807, 2.05) is 0 Å². The Morgan fingerprint density at radius 1 is 0.875 bits per heavy atom. The van der Waals surface area contributed by atoms with Crippen LogP contribution in [0.2, 0.25) is 0 Å². The van der Waals surface area contributed by atoms with Crippen molar-refractivity contribution in [2.45, 2.75) is 87.0 Å². The van der Waals surface area contributed by atoms with E-state index in [4.69, 9.17) is 0 Å². The third kappa shape index (κ3) is 5.92. The van der Waals surface area contributed by atoms with E-state index in [9.17, 15) is 0 Å². The quantitative estimate of drug-likeness (QED) is 0.463. The second-order valence-electron chi connectivity index (χ2n) is 7.29. The minimum absolute atomic E-state index is 0.421. The van der Waals surface area contributed by atoms with Crippen molar-refractivity contribution in [1.29, 1.82) is 0 Å². The maximum atomic E-state index is 2.43. The van der Waals surface area contributed by atoms with Crippen LogP contribution in [0.1, 0.15) is 87.0 Å². The van der Waals surface area contributed by atoms with E-state index in [0.29, 0.717) is 10.8 Å². The van der Waals surface area contributed by atoms with Gasteiger partial charge in [0.25, 0.3) is 0 Å². The molecule has 0 N–H and O–H groups in total. The van der Waals surface area contributed by atoms with E-state index in [2.05, 4.69) is 48.5 Å². The average Bonchev–Trinajstić information content (AvgIpc) is 2.10. The van der Waals surface area contributed by atoms with Gasteiger partial charge in [0.15, 0.2) is 0 Å². The normalized spacial score (nSPS) is 15.2. The molecular formula is C16H34. The SMILES string of the molecule is CCCCCCC(C)CC(C)(C)C(C)(C)C. The van der Waals surface area contributed by atoms with Crippen molar-refractivity contribution in [3.8, 4) is 0 Å². The molecule has 0 saturated carbocycles. The highest BCUT2D eigenvalue weighted by atomic mass is 14.4. The molecule has 0 heteroatoms. The van der Waals surface area contributed by atoms with Crippen LogP contribution in [0.4, 0.5) is 0 Å². The Kier molecular flexibility index (Phi) is 6.67. The van der Waals surface area contributed by atoms with Crippen LogP contribution < -0.4 is 0 Å². The molecule has 0 amide bonds. The molecule has 0 radical (unpaired) electrons. The lowest BCUT2D eigenvalue weighted by molar-refractivity contribution is 0.0962. The van der Waals surface area contributed by atoms with Gasteiger partial charge in [-0.3, -0.25) is 0 Å². The Morgan fingerprint density at radius 3 is 1.88 bits per heavy atom. The summed E-state index contributed by atoms with van der Waals surface area (Å²) < 4.78 is 0. The van der Waals surface area contributed by atoms with E-state index < -0.39 is 0 Å². The van der Waals surface area contributed by atoms with E-state index in [0.717, 1.165) is 5.92 Å². The van der Waals surface area contributed by atoms with Gasteiger partial charge in [0.05, 0.1) is 0 Å². The first kappa shape index (κ1) is 16.0. The maximum Gasteiger partial charge on any atom is -0.0303 e. The molecule has 0 aromatic carbocycles. The van der Waals surface area contributed by atoms with Crippen LogP contribution in [0.25, 0.3) is 0 Å². The molecule has 98 valence electrons. The predicted molar refractivity (Wildman–Crippen MR) is 75.8 cm³/mol. The molecule has 1 unspecified atom stereocenters. The molecule has 0 aliphatic heterocycles. The minimum Gasteiger partial charge on any atom is -0.0654 e. The highest BCUT2D eigenvalue weighted by Gasteiger charge is 2.33. The summed E-state index contributed by atoms with van der Waals surface area (Å²) in [5, 5.41) is 0. The molecule has 0 bridgehead atoms. The highest BCUT2D eigenvalue weighted by Crippen LogP contribution is 2.43. The molecule has 0 aliphatic carbocycles. The van der Waals surface area contributed by atoms with Gasteiger partial charge in [0.2, 0.25) is 0 Å². The van der Waals surface area contributed by atoms with Crippen molar-refractivity contribution in [2.75, 3.05) is 0 Å². The summed E-state index contributed by atoms with van der Waals surface area (Å²) >= 11 is 0. The minimum atomic E-state index is 0.421. The van der Waals surface area contributed by atoms with Crippen molar-refractivity contribution in [3.63, 3.8) is 0 Å². The van der Waals surface area contributed by atoms with Crippen molar-refractivity contribution in [2.24, 2.45) is 16.7 Å². The smallest absolute Gasteiger partial charge is 0.0303 e. The monoisotopic (exact) mass is 226 g/mol. The molecule has 16 heavy (non-hydrogen) atoms. The first-order valence-electron chi connectivity index (χ1n) is 7.20. The van der Waals surface area contributed by atoms with Crippen molar-refractivity contribution < 1.29 is 0 Å². The standard InChI is InChI=1S/C16H34/c1-8-9-10-11-12-14(2)13-16(6,7)15(3,4)5/h14H,8-13H2,1-7H3. The van der Waals surface area contributed by atoms with Crippen molar-refractivity contribution in [3.05, 3.63) is 0 Å². The molecule has 0 aromatic rings. The third-order valence-electron chi connectivity index (χ3n) is 4.44. The fourth-order valence-corrected chi connectivity index (χ4v) is 2.20. The molecule has 0 rings (SSSR count). The Bertz CT molecular complexity index is 171. The first-order chi connectivity index (χ1) is 7.20. The largest absolute Gasteiger partial charge is 0.0654 e. The van der Waals surface area contributed by atoms with Gasteiger partial charge < -0.3 is 0 Å². The summed E-state index contributed by atoms with van der Waals surface area (Å²) in [7, 11) is 0. The molecule has 0 fully saturated rings. The number of hydrogen-bond donors (Lipinski definition) is 0. The second kappa shape index (κ2) is 6.67. The van der Waals surface area contributed by atoms with Gasteiger partial charge in [-0.15, -0.1) is 0 Å². The van der Waals surface area contributed by atoms with Crippen LogP contribution in [0.3, 0.4) is 0 Å². The molecular weight excluding hydrogens is 192 g/mol. The van der Waals surface area contributed by atoms with Gasteiger partial charge in [-0.1, -0.05) is 80.6 Å². The van der Waals surface area contributed by atoms with E-state index >= 15 is 0 Å². The van der Waals surface area contributed by atoms with E-state index in [1.165, 1.54) is 38.5 Å². The van der Waals surface area contributed by atoms with Gasteiger partial charge in [-0.05, 0) is 23.2 Å². The molecule has 0 spiro atoms. The van der Waals surface area contributed by atoms with Gasteiger partial charge in [0.1, 0.15) is 0 Å². The summed E-state index contributed by atoms with van der Waals surface area (Å²) in [5.74, 6) is 0.881. The molecule has 0 saturated heterocycles. The molecule has 0 aliphatic rings. The lowest BCUT2D eigenvalue weighted by Crippen LogP contribution is -2.31. The van der Waals surface area contributed by atoms with Crippen LogP contribution in [-0.4, -0.2) is 0 Å². The zero-order valence-corrected chi connectivity index (χ0v) is 12.8. The van der Waals surface area contributed by atoms with Crippen molar-refractivity contribution in [1.82, 2.24) is 0 Å². The third-order valence-corrected chi connectivity index (χ3v) is 4.44. The Hall–Kier alpha value is 0. The lowest BCUT2D eigenvalue weighted by atomic mass is 9.65.